The van der Waals surface area contributed by atoms with Gasteiger partial charge in [0.1, 0.15) is 23.2 Å². The molecule has 0 atom stereocenters. The summed E-state index contributed by atoms with van der Waals surface area (Å²) in [5, 5.41) is 8.70. The molecule has 0 radical (unpaired) electrons. The van der Waals surface area contributed by atoms with E-state index in [0.29, 0.717) is 0 Å². The maximum absolute atomic E-state index is 13.8. The Hall–Kier alpha value is -2.30. The quantitative estimate of drug-likeness (QED) is 0.632. The molecule has 0 heterocycles. The van der Waals surface area contributed by atoms with Gasteiger partial charge in [-0.3, -0.25) is 4.79 Å². The Bertz CT molecular complexity index is 549. The fourth-order valence-corrected chi connectivity index (χ4v) is 1.42. The molecule has 1 rings (SSSR count). The summed E-state index contributed by atoms with van der Waals surface area (Å²) in [5.74, 6) is -2.94. The molecule has 8 heteroatoms. The van der Waals surface area contributed by atoms with Gasteiger partial charge in [0.2, 0.25) is 0 Å². The highest BCUT2D eigenvalue weighted by Crippen LogP contribution is 2.29. The first-order valence-electron chi connectivity index (χ1n) is 5.41. The smallest absolute Gasteiger partial charge is 0.466 e. The second-order valence-electron chi connectivity index (χ2n) is 3.55. The Morgan fingerprint density at radius 3 is 2.55 bits per heavy atom. The lowest BCUT2D eigenvalue weighted by Crippen LogP contribution is -2.18. The van der Waals surface area contributed by atoms with E-state index in [0.717, 1.165) is 12.1 Å². The molecule has 0 bridgehead atoms. The van der Waals surface area contributed by atoms with E-state index in [1.54, 1.807) is 6.92 Å². The minimum atomic E-state index is -5.04. The van der Waals surface area contributed by atoms with Crippen LogP contribution in [0.5, 0.6) is 5.75 Å². The summed E-state index contributed by atoms with van der Waals surface area (Å²) in [6.07, 6.45) is -5.53. The SMILES string of the molecule is CCOC(=O)Cc1ccc(OC(F)(F)F)c(C#N)c1F. The highest BCUT2D eigenvalue weighted by atomic mass is 19.4. The minimum Gasteiger partial charge on any atom is -0.466 e. The van der Waals surface area contributed by atoms with E-state index in [2.05, 4.69) is 9.47 Å². The Balaban J connectivity index is 3.09. The highest BCUT2D eigenvalue weighted by molar-refractivity contribution is 5.73. The number of halogens is 4. The third kappa shape index (κ3) is 4.12. The van der Waals surface area contributed by atoms with Gasteiger partial charge in [0.15, 0.2) is 0 Å². The van der Waals surface area contributed by atoms with E-state index in [1.165, 1.54) is 6.07 Å². The summed E-state index contributed by atoms with van der Waals surface area (Å²) in [6, 6.07) is 3.00. The first kappa shape index (κ1) is 15.8. The number of rotatable bonds is 4. The maximum Gasteiger partial charge on any atom is 0.573 e. The molecular weight excluding hydrogens is 282 g/mol. The third-order valence-corrected chi connectivity index (χ3v) is 2.16. The van der Waals surface area contributed by atoms with Gasteiger partial charge in [-0.25, -0.2) is 4.39 Å². The van der Waals surface area contributed by atoms with Crippen molar-refractivity contribution in [3.05, 3.63) is 29.1 Å². The van der Waals surface area contributed by atoms with Crippen LogP contribution in [0.1, 0.15) is 18.1 Å². The predicted octanol–water partition coefficient (Wildman–Crippen LogP) is 2.70. The van der Waals surface area contributed by atoms with Crippen molar-refractivity contribution in [2.24, 2.45) is 0 Å². The van der Waals surface area contributed by atoms with Crippen molar-refractivity contribution >= 4 is 5.97 Å². The number of nitrogens with zero attached hydrogens (tertiary/aromatic N) is 1. The van der Waals surface area contributed by atoms with E-state index in [4.69, 9.17) is 5.26 Å². The van der Waals surface area contributed by atoms with E-state index in [1.807, 2.05) is 0 Å². The molecule has 108 valence electrons. The Labute approximate surface area is 111 Å². The molecule has 0 saturated carbocycles. The van der Waals surface area contributed by atoms with E-state index in [-0.39, 0.29) is 12.2 Å². The van der Waals surface area contributed by atoms with Gasteiger partial charge in [0.25, 0.3) is 0 Å². The van der Waals surface area contributed by atoms with Crippen molar-refractivity contribution in [3.63, 3.8) is 0 Å². The predicted molar refractivity (Wildman–Crippen MR) is 58.1 cm³/mol. The molecule has 0 aliphatic heterocycles. The molecule has 4 nitrogen and oxygen atoms in total. The third-order valence-electron chi connectivity index (χ3n) is 2.16. The zero-order chi connectivity index (χ0) is 15.3. The van der Waals surface area contributed by atoms with Crippen LogP contribution in [-0.4, -0.2) is 18.9 Å². The van der Waals surface area contributed by atoms with Crippen LogP contribution in [0.4, 0.5) is 17.6 Å². The van der Waals surface area contributed by atoms with E-state index < -0.39 is 35.9 Å². The van der Waals surface area contributed by atoms with Crippen LogP contribution >= 0.6 is 0 Å². The minimum absolute atomic E-state index is 0.0842. The summed E-state index contributed by atoms with van der Waals surface area (Å²) in [4.78, 5) is 11.2. The number of nitriles is 1. The Kier molecular flexibility index (Phi) is 4.91. The van der Waals surface area contributed by atoms with Gasteiger partial charge in [-0.2, -0.15) is 5.26 Å². The summed E-state index contributed by atoms with van der Waals surface area (Å²) >= 11 is 0. The van der Waals surface area contributed by atoms with E-state index in [9.17, 15) is 22.4 Å². The van der Waals surface area contributed by atoms with Crippen LogP contribution in [0, 0.1) is 17.1 Å². The van der Waals surface area contributed by atoms with Crippen LogP contribution in [0.3, 0.4) is 0 Å². The lowest BCUT2D eigenvalue weighted by molar-refractivity contribution is -0.274. The van der Waals surface area contributed by atoms with Crippen molar-refractivity contribution in [1.29, 1.82) is 5.26 Å². The molecule has 0 saturated heterocycles. The Morgan fingerprint density at radius 1 is 1.40 bits per heavy atom. The van der Waals surface area contributed by atoms with Gasteiger partial charge < -0.3 is 9.47 Å². The van der Waals surface area contributed by atoms with Crippen molar-refractivity contribution in [2.45, 2.75) is 19.7 Å². The number of esters is 1. The molecule has 1 aromatic carbocycles. The number of ether oxygens (including phenoxy) is 2. The molecule has 0 aliphatic carbocycles. The summed E-state index contributed by atoms with van der Waals surface area (Å²) < 4.78 is 58.2. The van der Waals surface area contributed by atoms with E-state index >= 15 is 0 Å². The summed E-state index contributed by atoms with van der Waals surface area (Å²) in [5.41, 5.74) is -1.15. The number of hydrogen-bond donors (Lipinski definition) is 0. The normalized spacial score (nSPS) is 10.8. The van der Waals surface area contributed by atoms with Gasteiger partial charge in [-0.1, -0.05) is 6.07 Å². The molecule has 0 fully saturated rings. The van der Waals surface area contributed by atoms with Crippen LogP contribution in [-0.2, 0) is 16.0 Å². The van der Waals surface area contributed by atoms with Gasteiger partial charge >= 0.3 is 12.3 Å². The van der Waals surface area contributed by atoms with Gasteiger partial charge in [-0.15, -0.1) is 13.2 Å². The van der Waals surface area contributed by atoms with Gasteiger partial charge in [0, 0.05) is 5.56 Å². The van der Waals surface area contributed by atoms with Crippen LogP contribution in [0.2, 0.25) is 0 Å². The second kappa shape index (κ2) is 6.23. The first-order valence-corrected chi connectivity index (χ1v) is 5.41. The first-order chi connectivity index (χ1) is 9.28. The summed E-state index contributed by atoms with van der Waals surface area (Å²) in [7, 11) is 0. The monoisotopic (exact) mass is 291 g/mol. The molecule has 0 spiro atoms. The molecule has 0 N–H and O–H groups in total. The average molecular weight is 291 g/mol. The average Bonchev–Trinajstić information content (AvgIpc) is 2.31. The van der Waals surface area contributed by atoms with Crippen LogP contribution in [0.25, 0.3) is 0 Å². The largest absolute Gasteiger partial charge is 0.573 e. The lowest BCUT2D eigenvalue weighted by Gasteiger charge is -2.12. The highest BCUT2D eigenvalue weighted by Gasteiger charge is 2.33. The van der Waals surface area contributed by atoms with Gasteiger partial charge in [0.05, 0.1) is 13.0 Å². The number of carbonyl (C=O) groups excluding carboxylic acids is 1. The van der Waals surface area contributed by atoms with Crippen molar-refractivity contribution in [2.75, 3.05) is 6.61 Å². The molecule has 0 amide bonds. The standard InChI is InChI=1S/C12H9F4NO3/c1-2-19-10(18)5-7-3-4-9(20-12(14,15)16)8(6-17)11(7)13/h3-4H,2,5H2,1H3. The fourth-order valence-electron chi connectivity index (χ4n) is 1.42. The molecule has 20 heavy (non-hydrogen) atoms. The number of hydrogen-bond acceptors (Lipinski definition) is 4. The van der Waals surface area contributed by atoms with Crippen LogP contribution in [0.15, 0.2) is 12.1 Å². The van der Waals surface area contributed by atoms with Crippen molar-refractivity contribution < 1.29 is 31.8 Å². The molecule has 1 aromatic rings. The molecule has 0 aromatic heterocycles. The second-order valence-corrected chi connectivity index (χ2v) is 3.55. The zero-order valence-electron chi connectivity index (χ0n) is 10.3. The zero-order valence-corrected chi connectivity index (χ0v) is 10.3. The number of benzene rings is 1. The lowest BCUT2D eigenvalue weighted by atomic mass is 10.1. The topological polar surface area (TPSA) is 59.3 Å². The summed E-state index contributed by atoms with van der Waals surface area (Å²) in [6.45, 7) is 1.63. The number of carbonyl (C=O) groups is 1. The molecule has 0 aliphatic rings. The Morgan fingerprint density at radius 2 is 2.05 bits per heavy atom. The van der Waals surface area contributed by atoms with Crippen molar-refractivity contribution in [3.8, 4) is 11.8 Å². The molecular formula is C12H9F4NO3. The molecule has 0 unspecified atom stereocenters. The number of alkyl halides is 3. The van der Waals surface area contributed by atoms with Gasteiger partial charge in [-0.05, 0) is 13.0 Å². The fraction of sp³-hybridized carbons (Fsp3) is 0.333. The maximum atomic E-state index is 13.8. The van der Waals surface area contributed by atoms with Crippen molar-refractivity contribution in [1.82, 2.24) is 0 Å². The van der Waals surface area contributed by atoms with Crippen LogP contribution < -0.4 is 4.74 Å².